The molecule has 1 atom stereocenters. The number of nitrogens with one attached hydrogen (secondary N) is 1. The molecule has 1 heterocycles. The van der Waals surface area contributed by atoms with Crippen molar-refractivity contribution < 1.29 is 4.79 Å². The fourth-order valence-corrected chi connectivity index (χ4v) is 4.13. The number of thioether (sulfide) groups is 1. The van der Waals surface area contributed by atoms with E-state index in [2.05, 4.69) is 38.2 Å². The van der Waals surface area contributed by atoms with Crippen molar-refractivity contribution in [2.45, 2.75) is 32.6 Å². The quantitative estimate of drug-likeness (QED) is 0.810. The minimum absolute atomic E-state index is 0.0283. The summed E-state index contributed by atoms with van der Waals surface area (Å²) in [5, 5.41) is 14.0. The van der Waals surface area contributed by atoms with Gasteiger partial charge in [0, 0.05) is 10.6 Å². The molecular formula is C19H22N2OS2. The lowest BCUT2D eigenvalue weighted by atomic mass is 9.86. The van der Waals surface area contributed by atoms with Crippen LogP contribution < -0.4 is 5.32 Å². The molecule has 0 aliphatic rings. The second-order valence-electron chi connectivity index (χ2n) is 6.68. The molecule has 1 N–H and O–H groups in total. The molecular weight excluding hydrogens is 336 g/mol. The second kappa shape index (κ2) is 8.36. The molecule has 2 aromatic rings. The highest BCUT2D eigenvalue weighted by Gasteiger charge is 2.28. The predicted molar refractivity (Wildman–Crippen MR) is 102 cm³/mol. The van der Waals surface area contributed by atoms with Gasteiger partial charge in [0.15, 0.2) is 0 Å². The number of amides is 1. The van der Waals surface area contributed by atoms with Gasteiger partial charge in [0.2, 0.25) is 5.91 Å². The summed E-state index contributed by atoms with van der Waals surface area (Å²) in [5.74, 6) is 1.25. The van der Waals surface area contributed by atoms with Crippen molar-refractivity contribution in [1.29, 1.82) is 5.26 Å². The fraction of sp³-hybridized carbons (Fsp3) is 0.368. The van der Waals surface area contributed by atoms with Crippen LogP contribution in [0.2, 0.25) is 0 Å². The zero-order valence-corrected chi connectivity index (χ0v) is 15.8. The number of carbonyl (C=O) groups excluding carboxylic acids is 1. The number of carbonyl (C=O) groups is 1. The lowest BCUT2D eigenvalue weighted by Crippen LogP contribution is -2.37. The van der Waals surface area contributed by atoms with E-state index in [0.717, 1.165) is 11.3 Å². The van der Waals surface area contributed by atoms with Crippen molar-refractivity contribution in [2.24, 2.45) is 5.41 Å². The minimum atomic E-state index is -0.0295. The normalized spacial score (nSPS) is 12.4. The minimum Gasteiger partial charge on any atom is -0.347 e. The Kier molecular flexibility index (Phi) is 6.47. The van der Waals surface area contributed by atoms with Gasteiger partial charge in [-0.05, 0) is 34.6 Å². The first-order valence-corrected chi connectivity index (χ1v) is 9.83. The molecule has 0 aliphatic carbocycles. The Morgan fingerprint density at radius 3 is 2.54 bits per heavy atom. The average Bonchev–Trinajstić information content (AvgIpc) is 3.06. The Hall–Kier alpha value is -1.77. The second-order valence-corrected chi connectivity index (χ2v) is 8.65. The topological polar surface area (TPSA) is 52.9 Å². The summed E-state index contributed by atoms with van der Waals surface area (Å²) in [6.45, 7) is 6.42. The zero-order valence-electron chi connectivity index (χ0n) is 14.2. The third-order valence-corrected chi connectivity index (χ3v) is 5.52. The van der Waals surface area contributed by atoms with Gasteiger partial charge >= 0.3 is 0 Å². The third kappa shape index (κ3) is 5.40. The van der Waals surface area contributed by atoms with Crippen molar-refractivity contribution in [3.63, 3.8) is 0 Å². The molecule has 1 aromatic heterocycles. The van der Waals surface area contributed by atoms with E-state index in [9.17, 15) is 4.79 Å². The summed E-state index contributed by atoms with van der Waals surface area (Å²) in [7, 11) is 0. The number of hydrogen-bond donors (Lipinski definition) is 1. The number of nitrogens with zero attached hydrogens (tertiary/aromatic N) is 1. The Balaban J connectivity index is 1.86. The summed E-state index contributed by atoms with van der Waals surface area (Å²) in [5.41, 5.74) is 1.75. The molecule has 24 heavy (non-hydrogen) atoms. The summed E-state index contributed by atoms with van der Waals surface area (Å²) in [6, 6.07) is 13.7. The van der Waals surface area contributed by atoms with E-state index in [1.165, 1.54) is 4.88 Å². The summed E-state index contributed by atoms with van der Waals surface area (Å²) < 4.78 is 0. The average molecular weight is 359 g/mol. The van der Waals surface area contributed by atoms with Crippen molar-refractivity contribution in [3.8, 4) is 6.07 Å². The van der Waals surface area contributed by atoms with Crippen LogP contribution in [0.1, 0.15) is 42.8 Å². The third-order valence-electron chi connectivity index (χ3n) is 3.58. The highest BCUT2D eigenvalue weighted by atomic mass is 32.2. The SMILES string of the molecule is CC(C)(C)[C@H](NC(=O)CSCc1ccc(C#N)cc1)c1cccs1. The van der Waals surface area contributed by atoms with Gasteiger partial charge in [0.1, 0.15) is 0 Å². The van der Waals surface area contributed by atoms with Crippen LogP contribution in [0.25, 0.3) is 0 Å². The number of nitriles is 1. The van der Waals surface area contributed by atoms with Gasteiger partial charge < -0.3 is 5.32 Å². The number of thiophene rings is 1. The number of benzene rings is 1. The Morgan fingerprint density at radius 1 is 1.29 bits per heavy atom. The Morgan fingerprint density at radius 2 is 2.00 bits per heavy atom. The molecule has 0 radical (unpaired) electrons. The molecule has 0 fully saturated rings. The maximum atomic E-state index is 12.3. The standard InChI is InChI=1S/C19H22N2OS2/c1-19(2,3)18(16-5-4-10-24-16)21-17(22)13-23-12-15-8-6-14(11-20)7-9-15/h4-10,18H,12-13H2,1-3H3,(H,21,22)/t18-/m1/s1. The number of rotatable bonds is 6. The fourth-order valence-electron chi connectivity index (χ4n) is 2.31. The van der Waals surface area contributed by atoms with Crippen molar-refractivity contribution in [1.82, 2.24) is 5.32 Å². The zero-order chi connectivity index (χ0) is 17.6. The molecule has 0 unspecified atom stereocenters. The molecule has 0 saturated heterocycles. The maximum Gasteiger partial charge on any atom is 0.230 e. The van der Waals surface area contributed by atoms with E-state index in [0.29, 0.717) is 11.3 Å². The van der Waals surface area contributed by atoms with Crippen LogP contribution in [-0.2, 0) is 10.5 Å². The van der Waals surface area contributed by atoms with Crippen LogP contribution >= 0.6 is 23.1 Å². The van der Waals surface area contributed by atoms with Crippen molar-refractivity contribution >= 4 is 29.0 Å². The smallest absolute Gasteiger partial charge is 0.230 e. The van der Waals surface area contributed by atoms with E-state index < -0.39 is 0 Å². The van der Waals surface area contributed by atoms with Crippen molar-refractivity contribution in [3.05, 3.63) is 57.8 Å². The van der Waals surface area contributed by atoms with Crippen molar-refractivity contribution in [2.75, 3.05) is 5.75 Å². The van der Waals surface area contributed by atoms with E-state index >= 15 is 0 Å². The van der Waals surface area contributed by atoms with E-state index in [4.69, 9.17) is 5.26 Å². The van der Waals surface area contributed by atoms with Gasteiger partial charge in [-0.3, -0.25) is 4.79 Å². The van der Waals surface area contributed by atoms with E-state index in [-0.39, 0.29) is 17.4 Å². The molecule has 126 valence electrons. The van der Waals surface area contributed by atoms with E-state index in [1.54, 1.807) is 23.1 Å². The van der Waals surface area contributed by atoms with Gasteiger partial charge in [0.05, 0.1) is 23.4 Å². The van der Waals surface area contributed by atoms with Crippen LogP contribution in [0.5, 0.6) is 0 Å². The molecule has 5 heteroatoms. The van der Waals surface area contributed by atoms with Crippen LogP contribution in [0.4, 0.5) is 0 Å². The highest BCUT2D eigenvalue weighted by molar-refractivity contribution is 7.99. The predicted octanol–water partition coefficient (Wildman–Crippen LogP) is 4.76. The van der Waals surface area contributed by atoms with Gasteiger partial charge in [0.25, 0.3) is 0 Å². The first kappa shape index (κ1) is 18.6. The molecule has 0 spiro atoms. The molecule has 1 aromatic carbocycles. The van der Waals surface area contributed by atoms with Gasteiger partial charge in [-0.2, -0.15) is 5.26 Å². The van der Waals surface area contributed by atoms with E-state index in [1.807, 2.05) is 35.7 Å². The molecule has 3 nitrogen and oxygen atoms in total. The monoisotopic (exact) mass is 358 g/mol. The molecule has 0 bridgehead atoms. The Labute approximate surface area is 152 Å². The summed E-state index contributed by atoms with van der Waals surface area (Å²) in [6.07, 6.45) is 0. The lowest BCUT2D eigenvalue weighted by molar-refractivity contribution is -0.120. The van der Waals surface area contributed by atoms with Crippen LogP contribution in [-0.4, -0.2) is 11.7 Å². The van der Waals surface area contributed by atoms with Gasteiger partial charge in [-0.25, -0.2) is 0 Å². The number of hydrogen-bond acceptors (Lipinski definition) is 4. The summed E-state index contributed by atoms with van der Waals surface area (Å²) >= 11 is 3.26. The van der Waals surface area contributed by atoms with Crippen LogP contribution in [0, 0.1) is 16.7 Å². The van der Waals surface area contributed by atoms with Crippen LogP contribution in [0.15, 0.2) is 41.8 Å². The first-order chi connectivity index (χ1) is 11.4. The maximum absolute atomic E-state index is 12.3. The Bertz CT molecular complexity index is 694. The van der Waals surface area contributed by atoms with Crippen LogP contribution in [0.3, 0.4) is 0 Å². The largest absolute Gasteiger partial charge is 0.347 e. The first-order valence-electron chi connectivity index (χ1n) is 7.79. The summed E-state index contributed by atoms with van der Waals surface area (Å²) in [4.78, 5) is 13.5. The molecule has 0 aliphatic heterocycles. The molecule has 0 saturated carbocycles. The lowest BCUT2D eigenvalue weighted by Gasteiger charge is -2.30. The van der Waals surface area contributed by atoms with Gasteiger partial charge in [-0.1, -0.05) is 39.0 Å². The molecule has 1 amide bonds. The van der Waals surface area contributed by atoms with Gasteiger partial charge in [-0.15, -0.1) is 23.1 Å². The molecule has 2 rings (SSSR count). The highest BCUT2D eigenvalue weighted by Crippen LogP contribution is 2.35.